The van der Waals surface area contributed by atoms with E-state index in [1.165, 1.54) is 46.1 Å². The molecule has 5 rings (SSSR count). The third-order valence-electron chi connectivity index (χ3n) is 6.58. The topological polar surface area (TPSA) is 43.4 Å². The van der Waals surface area contributed by atoms with Crippen molar-refractivity contribution in [3.05, 3.63) is 119 Å². The minimum absolute atomic E-state index is 0.0340. The Labute approximate surface area is 214 Å². The minimum Gasteiger partial charge on any atom is -0.465 e. The van der Waals surface area contributed by atoms with Gasteiger partial charge in [0.05, 0.1) is 0 Å². The van der Waals surface area contributed by atoms with E-state index in [1.807, 2.05) is 49.4 Å². The zero-order valence-electron chi connectivity index (χ0n) is 19.9. The molecule has 0 saturated heterocycles. The largest absolute Gasteiger partial charge is 0.465 e. The molecule has 0 radical (unpaired) electrons. The molecule has 180 valence electrons. The summed E-state index contributed by atoms with van der Waals surface area (Å²) >= 11 is 1.42. The molecule has 0 heterocycles. The van der Waals surface area contributed by atoms with Gasteiger partial charge in [0, 0.05) is 27.7 Å². The Bertz CT molecular complexity index is 1400. The molecule has 4 aromatic rings. The van der Waals surface area contributed by atoms with Gasteiger partial charge in [-0.15, -0.1) is 0 Å². The fourth-order valence-electron chi connectivity index (χ4n) is 4.80. The van der Waals surface area contributed by atoms with Crippen LogP contribution in [0.4, 0.5) is 4.39 Å². The van der Waals surface area contributed by atoms with Crippen LogP contribution in [0.3, 0.4) is 0 Å². The first kappa shape index (κ1) is 24.0. The second-order valence-corrected chi connectivity index (χ2v) is 9.93. The number of carbonyl (C=O) groups excluding carboxylic acids is 2. The van der Waals surface area contributed by atoms with E-state index < -0.39 is 5.82 Å². The zero-order chi connectivity index (χ0) is 25.1. The number of aryl methyl sites for hydroxylation is 2. The molecular weight excluding hydrogens is 471 g/mol. The Balaban J connectivity index is 1.27. The summed E-state index contributed by atoms with van der Waals surface area (Å²) in [5.41, 5.74) is 7.12. The lowest BCUT2D eigenvalue weighted by Gasteiger charge is -2.15. The molecule has 0 aromatic heterocycles. The second-order valence-electron chi connectivity index (χ2n) is 8.88. The monoisotopic (exact) mass is 496 g/mol. The van der Waals surface area contributed by atoms with E-state index in [-0.39, 0.29) is 18.3 Å². The van der Waals surface area contributed by atoms with Gasteiger partial charge in [0.2, 0.25) is 0 Å². The molecule has 1 aliphatic carbocycles. The van der Waals surface area contributed by atoms with Crippen LogP contribution in [0.2, 0.25) is 0 Å². The molecule has 0 unspecified atom stereocenters. The molecular formula is C31H25FO3S. The van der Waals surface area contributed by atoms with E-state index in [1.54, 1.807) is 6.07 Å². The summed E-state index contributed by atoms with van der Waals surface area (Å²) in [6.07, 6.45) is 1.43. The van der Waals surface area contributed by atoms with Gasteiger partial charge in [-0.05, 0) is 64.9 Å². The Kier molecular flexibility index (Phi) is 7.01. The number of aldehydes is 1. The predicted molar refractivity (Wildman–Crippen MR) is 140 cm³/mol. The first-order valence-electron chi connectivity index (χ1n) is 11.9. The third kappa shape index (κ3) is 4.84. The summed E-state index contributed by atoms with van der Waals surface area (Å²) in [4.78, 5) is 25.9. The lowest BCUT2D eigenvalue weighted by atomic mass is 9.98. The van der Waals surface area contributed by atoms with Gasteiger partial charge in [0.25, 0.3) is 0 Å². The van der Waals surface area contributed by atoms with Crippen molar-refractivity contribution in [2.24, 2.45) is 0 Å². The number of benzene rings is 4. The number of fused-ring (bicyclic) bond motifs is 3. The van der Waals surface area contributed by atoms with Gasteiger partial charge >= 0.3 is 5.97 Å². The van der Waals surface area contributed by atoms with Gasteiger partial charge in [-0.2, -0.15) is 0 Å². The van der Waals surface area contributed by atoms with E-state index in [9.17, 15) is 14.0 Å². The molecule has 0 fully saturated rings. The molecule has 5 heteroatoms. The average molecular weight is 497 g/mol. The molecule has 0 spiro atoms. The van der Waals surface area contributed by atoms with E-state index in [0.29, 0.717) is 29.8 Å². The molecule has 0 aliphatic heterocycles. The van der Waals surface area contributed by atoms with Crippen LogP contribution in [-0.2, 0) is 16.0 Å². The lowest BCUT2D eigenvalue weighted by Crippen LogP contribution is -2.13. The van der Waals surface area contributed by atoms with Crippen molar-refractivity contribution < 1.29 is 18.7 Å². The number of hydrogen-bond donors (Lipinski definition) is 0. The average Bonchev–Trinajstić information content (AvgIpc) is 3.22. The number of ether oxygens (including phenoxy) is 1. The Morgan fingerprint density at radius 2 is 1.64 bits per heavy atom. The fourth-order valence-corrected chi connectivity index (χ4v) is 5.91. The van der Waals surface area contributed by atoms with Crippen molar-refractivity contribution in [2.75, 3.05) is 6.61 Å². The van der Waals surface area contributed by atoms with E-state index >= 15 is 0 Å². The first-order chi connectivity index (χ1) is 17.5. The summed E-state index contributed by atoms with van der Waals surface area (Å²) < 4.78 is 19.3. The van der Waals surface area contributed by atoms with Gasteiger partial charge in [0.1, 0.15) is 12.4 Å². The lowest BCUT2D eigenvalue weighted by molar-refractivity contribution is -0.143. The van der Waals surface area contributed by atoms with Gasteiger partial charge < -0.3 is 4.74 Å². The van der Waals surface area contributed by atoms with Crippen LogP contribution < -0.4 is 0 Å². The van der Waals surface area contributed by atoms with Gasteiger partial charge in [0.15, 0.2) is 6.29 Å². The maximum atomic E-state index is 13.6. The number of esters is 1. The van der Waals surface area contributed by atoms with Crippen LogP contribution in [-0.4, -0.2) is 18.9 Å². The second kappa shape index (κ2) is 10.5. The zero-order valence-corrected chi connectivity index (χ0v) is 20.7. The van der Waals surface area contributed by atoms with Crippen LogP contribution >= 0.6 is 11.8 Å². The highest BCUT2D eigenvalue weighted by Gasteiger charge is 2.29. The number of halogens is 1. The molecule has 0 atom stereocenters. The van der Waals surface area contributed by atoms with Crippen molar-refractivity contribution in [3.8, 4) is 11.1 Å². The van der Waals surface area contributed by atoms with Crippen LogP contribution in [0.15, 0.2) is 94.7 Å². The molecule has 36 heavy (non-hydrogen) atoms. The van der Waals surface area contributed by atoms with Crippen LogP contribution in [0.1, 0.15) is 45.0 Å². The van der Waals surface area contributed by atoms with E-state index in [4.69, 9.17) is 4.74 Å². The van der Waals surface area contributed by atoms with Gasteiger partial charge in [-0.3, -0.25) is 9.59 Å². The van der Waals surface area contributed by atoms with E-state index in [0.717, 1.165) is 16.0 Å². The predicted octanol–water partition coefficient (Wildman–Crippen LogP) is 7.39. The molecule has 0 amide bonds. The Morgan fingerprint density at radius 3 is 2.33 bits per heavy atom. The van der Waals surface area contributed by atoms with Crippen molar-refractivity contribution in [1.82, 2.24) is 0 Å². The molecule has 1 aliphatic rings. The molecule has 3 nitrogen and oxygen atoms in total. The standard InChI is InChI=1S/C31H25FO3S/c1-20-7-6-8-21(31(20)36-29-15-14-23(32)17-22(29)18-33)13-16-30(34)35-19-28-26-11-4-2-9-24(26)25-10-3-5-12-27(25)28/h2-12,14-15,17-18,28H,13,16,19H2,1H3. The third-order valence-corrected chi connectivity index (χ3v) is 7.96. The summed E-state index contributed by atoms with van der Waals surface area (Å²) in [5.74, 6) is -0.655. The Morgan fingerprint density at radius 1 is 0.944 bits per heavy atom. The maximum Gasteiger partial charge on any atom is 0.306 e. The molecule has 4 aromatic carbocycles. The Hall–Kier alpha value is -3.70. The smallest absolute Gasteiger partial charge is 0.306 e. The van der Waals surface area contributed by atoms with Crippen LogP contribution in [0, 0.1) is 12.7 Å². The minimum atomic E-state index is -0.443. The fraction of sp³-hybridized carbons (Fsp3) is 0.161. The first-order valence-corrected chi connectivity index (χ1v) is 12.7. The summed E-state index contributed by atoms with van der Waals surface area (Å²) in [7, 11) is 0. The summed E-state index contributed by atoms with van der Waals surface area (Å²) in [6, 6.07) is 26.7. The number of carbonyl (C=O) groups is 2. The normalized spacial score (nSPS) is 12.2. The number of hydrogen-bond acceptors (Lipinski definition) is 4. The quantitative estimate of drug-likeness (QED) is 0.188. The highest BCUT2D eigenvalue weighted by atomic mass is 32.2. The molecule has 0 bridgehead atoms. The van der Waals surface area contributed by atoms with Crippen molar-refractivity contribution in [2.45, 2.75) is 35.5 Å². The van der Waals surface area contributed by atoms with Crippen molar-refractivity contribution >= 4 is 24.0 Å². The summed E-state index contributed by atoms with van der Waals surface area (Å²) in [6.45, 7) is 2.30. The summed E-state index contributed by atoms with van der Waals surface area (Å²) in [5, 5.41) is 0. The van der Waals surface area contributed by atoms with Crippen molar-refractivity contribution in [3.63, 3.8) is 0 Å². The van der Waals surface area contributed by atoms with Crippen molar-refractivity contribution in [1.29, 1.82) is 0 Å². The van der Waals surface area contributed by atoms with Gasteiger partial charge in [-0.1, -0.05) is 78.5 Å². The molecule has 0 saturated carbocycles. The maximum absolute atomic E-state index is 13.6. The van der Waals surface area contributed by atoms with Crippen LogP contribution in [0.5, 0.6) is 0 Å². The van der Waals surface area contributed by atoms with E-state index in [2.05, 4.69) is 24.3 Å². The van der Waals surface area contributed by atoms with Crippen LogP contribution in [0.25, 0.3) is 11.1 Å². The number of rotatable bonds is 8. The highest BCUT2D eigenvalue weighted by molar-refractivity contribution is 7.99. The van der Waals surface area contributed by atoms with Gasteiger partial charge in [-0.25, -0.2) is 4.39 Å². The molecule has 0 N–H and O–H groups in total. The highest BCUT2D eigenvalue weighted by Crippen LogP contribution is 2.44. The SMILES string of the molecule is Cc1cccc(CCC(=O)OCC2c3ccccc3-c3ccccc32)c1Sc1ccc(F)cc1C=O.